The monoisotopic (exact) mass is 265 g/mol. The van der Waals surface area contributed by atoms with Gasteiger partial charge in [0.15, 0.2) is 5.11 Å². The van der Waals surface area contributed by atoms with Gasteiger partial charge in [0.1, 0.15) is 5.82 Å². The molecule has 0 radical (unpaired) electrons. The van der Waals surface area contributed by atoms with Crippen LogP contribution >= 0.6 is 12.2 Å². The van der Waals surface area contributed by atoms with E-state index in [9.17, 15) is 17.6 Å². The van der Waals surface area contributed by atoms with Crippen molar-refractivity contribution in [3.8, 4) is 0 Å². The first-order valence-corrected chi connectivity index (χ1v) is 4.67. The maximum Gasteiger partial charge on any atom is 0.419 e. The lowest BCUT2D eigenvalue weighted by molar-refractivity contribution is -0.140. The Morgan fingerprint density at radius 2 is 2.06 bits per heavy atom. The fourth-order valence-electron chi connectivity index (χ4n) is 1.03. The van der Waals surface area contributed by atoms with Gasteiger partial charge in [-0.3, -0.25) is 5.43 Å². The van der Waals surface area contributed by atoms with E-state index in [0.717, 1.165) is 18.3 Å². The number of thiocarbonyl (C=S) groups is 1. The van der Waals surface area contributed by atoms with Gasteiger partial charge in [-0.1, -0.05) is 12.1 Å². The summed E-state index contributed by atoms with van der Waals surface area (Å²) in [5.74, 6) is -1.39. The minimum absolute atomic E-state index is 0.173. The second-order valence-electron chi connectivity index (χ2n) is 2.94. The molecular weight excluding hydrogens is 258 g/mol. The molecule has 0 saturated carbocycles. The van der Waals surface area contributed by atoms with Gasteiger partial charge in [-0.05, 0) is 18.3 Å². The van der Waals surface area contributed by atoms with Crippen LogP contribution in [0.2, 0.25) is 0 Å². The minimum Gasteiger partial charge on any atom is -0.375 e. The van der Waals surface area contributed by atoms with Crippen molar-refractivity contribution in [3.05, 3.63) is 35.1 Å². The summed E-state index contributed by atoms with van der Waals surface area (Å²) in [5.41, 5.74) is 5.47. The Morgan fingerprint density at radius 1 is 1.41 bits per heavy atom. The van der Waals surface area contributed by atoms with Crippen molar-refractivity contribution in [2.24, 2.45) is 10.8 Å². The van der Waals surface area contributed by atoms with Crippen molar-refractivity contribution in [1.82, 2.24) is 5.43 Å². The van der Waals surface area contributed by atoms with Crippen LogP contribution in [0.3, 0.4) is 0 Å². The van der Waals surface area contributed by atoms with Crippen molar-refractivity contribution in [3.63, 3.8) is 0 Å². The van der Waals surface area contributed by atoms with E-state index in [1.54, 1.807) is 0 Å². The molecule has 1 aromatic carbocycles. The van der Waals surface area contributed by atoms with Crippen molar-refractivity contribution < 1.29 is 17.6 Å². The van der Waals surface area contributed by atoms with E-state index >= 15 is 0 Å². The molecule has 0 aromatic heterocycles. The predicted octanol–water partition coefficient (Wildman–Crippen LogP) is 2.01. The summed E-state index contributed by atoms with van der Waals surface area (Å²) < 4.78 is 50.4. The number of hydrogen-bond acceptors (Lipinski definition) is 2. The molecule has 0 bridgehead atoms. The number of benzene rings is 1. The molecule has 0 amide bonds. The van der Waals surface area contributed by atoms with Gasteiger partial charge in [-0.2, -0.15) is 18.3 Å². The third-order valence-electron chi connectivity index (χ3n) is 1.71. The van der Waals surface area contributed by atoms with Crippen molar-refractivity contribution >= 4 is 23.5 Å². The van der Waals surface area contributed by atoms with E-state index in [4.69, 9.17) is 5.73 Å². The quantitative estimate of drug-likeness (QED) is 0.372. The molecule has 0 aliphatic heterocycles. The summed E-state index contributed by atoms with van der Waals surface area (Å²) in [5, 5.41) is 3.20. The van der Waals surface area contributed by atoms with Gasteiger partial charge in [-0.15, -0.1) is 0 Å². The highest BCUT2D eigenvalue weighted by Crippen LogP contribution is 2.31. The summed E-state index contributed by atoms with van der Waals surface area (Å²) in [6.45, 7) is 0. The minimum atomic E-state index is -4.75. The Kier molecular flexibility index (Phi) is 4.00. The predicted molar refractivity (Wildman–Crippen MR) is 58.9 cm³/mol. The molecule has 17 heavy (non-hydrogen) atoms. The number of hydrogen-bond donors (Lipinski definition) is 2. The van der Waals surface area contributed by atoms with Gasteiger partial charge >= 0.3 is 6.18 Å². The first-order chi connectivity index (χ1) is 7.82. The topological polar surface area (TPSA) is 50.4 Å². The number of nitrogens with two attached hydrogens (primary N) is 1. The van der Waals surface area contributed by atoms with Crippen LogP contribution in [0.4, 0.5) is 17.6 Å². The molecule has 0 aliphatic carbocycles. The zero-order chi connectivity index (χ0) is 13.1. The average molecular weight is 265 g/mol. The van der Waals surface area contributed by atoms with Crippen molar-refractivity contribution in [1.29, 1.82) is 0 Å². The maximum atomic E-state index is 13.4. The van der Waals surface area contributed by atoms with Crippen LogP contribution in [0.25, 0.3) is 0 Å². The Balaban J connectivity index is 3.03. The van der Waals surface area contributed by atoms with Crippen molar-refractivity contribution in [2.75, 3.05) is 0 Å². The van der Waals surface area contributed by atoms with Crippen LogP contribution in [0.15, 0.2) is 23.3 Å². The zero-order valence-corrected chi connectivity index (χ0v) is 9.07. The Hall–Kier alpha value is -1.70. The number of nitrogens with zero attached hydrogens (tertiary/aromatic N) is 1. The second-order valence-corrected chi connectivity index (χ2v) is 3.38. The summed E-state index contributed by atoms with van der Waals surface area (Å²) in [7, 11) is 0. The van der Waals surface area contributed by atoms with Crippen LogP contribution in [0.1, 0.15) is 11.1 Å². The smallest absolute Gasteiger partial charge is 0.375 e. The summed E-state index contributed by atoms with van der Waals surface area (Å²) in [6, 6.07) is 2.87. The summed E-state index contributed by atoms with van der Waals surface area (Å²) in [4.78, 5) is 0. The molecule has 0 heterocycles. The molecule has 0 spiro atoms. The number of nitrogens with one attached hydrogen (secondary N) is 1. The fourth-order valence-corrected chi connectivity index (χ4v) is 1.09. The van der Waals surface area contributed by atoms with E-state index in [1.165, 1.54) is 0 Å². The van der Waals surface area contributed by atoms with Gasteiger partial charge in [0.2, 0.25) is 0 Å². The first-order valence-electron chi connectivity index (χ1n) is 4.26. The molecule has 1 aromatic rings. The maximum absolute atomic E-state index is 13.4. The van der Waals surface area contributed by atoms with E-state index in [1.807, 2.05) is 0 Å². The number of alkyl halides is 3. The molecular formula is C9H7F4N3S. The van der Waals surface area contributed by atoms with Crippen LogP contribution < -0.4 is 11.2 Å². The highest BCUT2D eigenvalue weighted by Gasteiger charge is 2.34. The van der Waals surface area contributed by atoms with Crippen LogP contribution in [0, 0.1) is 5.82 Å². The summed E-state index contributed by atoms with van der Waals surface area (Å²) >= 11 is 4.41. The fraction of sp³-hybridized carbons (Fsp3) is 0.111. The van der Waals surface area contributed by atoms with Crippen LogP contribution in [-0.4, -0.2) is 11.3 Å². The second kappa shape index (κ2) is 5.09. The largest absolute Gasteiger partial charge is 0.419 e. The average Bonchev–Trinajstić information content (AvgIpc) is 2.18. The molecule has 0 unspecified atom stereocenters. The number of halogens is 4. The van der Waals surface area contributed by atoms with Crippen LogP contribution in [-0.2, 0) is 6.18 Å². The number of hydrazone groups is 1. The lowest BCUT2D eigenvalue weighted by atomic mass is 10.1. The zero-order valence-electron chi connectivity index (χ0n) is 8.25. The van der Waals surface area contributed by atoms with E-state index in [2.05, 4.69) is 22.7 Å². The summed E-state index contributed by atoms with van der Waals surface area (Å²) in [6.07, 6.45) is -3.88. The standard InChI is InChI=1S/C9H7F4N3S/c10-7-5(4-15-16-8(14)17)2-1-3-6(7)9(11,12)13/h1-4H,(H3,14,16,17)/b15-4+. The molecule has 3 nitrogen and oxygen atoms in total. The third-order valence-corrected chi connectivity index (χ3v) is 1.80. The molecule has 1 rings (SSSR count). The third kappa shape index (κ3) is 3.66. The normalized spacial score (nSPS) is 11.8. The molecule has 0 atom stereocenters. The SMILES string of the molecule is NC(=S)N/N=C/c1cccc(C(F)(F)F)c1F. The van der Waals surface area contributed by atoms with Crippen LogP contribution in [0.5, 0.6) is 0 Å². The van der Waals surface area contributed by atoms with Crippen molar-refractivity contribution in [2.45, 2.75) is 6.18 Å². The van der Waals surface area contributed by atoms with Gasteiger partial charge in [-0.25, -0.2) is 4.39 Å². The van der Waals surface area contributed by atoms with Gasteiger partial charge in [0.05, 0.1) is 11.8 Å². The molecule has 0 aliphatic rings. The Bertz CT molecular complexity index is 456. The highest BCUT2D eigenvalue weighted by atomic mass is 32.1. The number of rotatable bonds is 2. The van der Waals surface area contributed by atoms with Gasteiger partial charge < -0.3 is 5.73 Å². The molecule has 92 valence electrons. The first kappa shape index (κ1) is 13.4. The van der Waals surface area contributed by atoms with Gasteiger partial charge in [0, 0.05) is 5.56 Å². The van der Waals surface area contributed by atoms with E-state index in [-0.39, 0.29) is 10.7 Å². The van der Waals surface area contributed by atoms with Gasteiger partial charge in [0.25, 0.3) is 0 Å². The Morgan fingerprint density at radius 3 is 2.59 bits per heavy atom. The lowest BCUT2D eigenvalue weighted by Gasteiger charge is -2.08. The highest BCUT2D eigenvalue weighted by molar-refractivity contribution is 7.80. The molecule has 0 saturated heterocycles. The van der Waals surface area contributed by atoms with E-state index < -0.39 is 17.6 Å². The van der Waals surface area contributed by atoms with E-state index in [0.29, 0.717) is 6.07 Å². The Labute approximate surface area is 99.3 Å². The molecule has 0 fully saturated rings. The molecule has 8 heteroatoms. The molecule has 3 N–H and O–H groups in total. The lowest BCUT2D eigenvalue weighted by Crippen LogP contribution is -2.24.